The number of hydrogen-bond acceptors (Lipinski definition) is 4. The monoisotopic (exact) mass is 275 g/mol. The van der Waals surface area contributed by atoms with E-state index in [9.17, 15) is 9.59 Å². The minimum absolute atomic E-state index is 0.0458. The molecule has 0 radical (unpaired) electrons. The van der Waals surface area contributed by atoms with Gasteiger partial charge in [-0.15, -0.1) is 11.8 Å². The number of nitrogens with one attached hydrogen (secondary N) is 2. The van der Waals surface area contributed by atoms with E-state index in [1.54, 1.807) is 18.0 Å². The Morgan fingerprint density at radius 2 is 2.05 bits per heavy atom. The molecule has 98 valence electrons. The Morgan fingerprint density at radius 1 is 1.26 bits per heavy atom. The summed E-state index contributed by atoms with van der Waals surface area (Å²) in [5.41, 5.74) is 0.648. The van der Waals surface area contributed by atoms with Crippen LogP contribution in [0.1, 0.15) is 11.7 Å². The van der Waals surface area contributed by atoms with E-state index in [0.29, 0.717) is 0 Å². The molecule has 0 fully saturated rings. The fourth-order valence-corrected chi connectivity index (χ4v) is 3.51. The number of anilines is 1. The molecule has 0 saturated carbocycles. The Balaban J connectivity index is 2.02. The Kier molecular flexibility index (Phi) is 2.94. The molecule has 2 N–H and O–H groups in total. The van der Waals surface area contributed by atoms with Crippen molar-refractivity contribution in [3.8, 4) is 0 Å². The molecule has 19 heavy (non-hydrogen) atoms. The van der Waals surface area contributed by atoms with Crippen LogP contribution in [0.25, 0.3) is 0 Å². The molecule has 6 heteroatoms. The zero-order chi connectivity index (χ0) is 13.4. The predicted molar refractivity (Wildman–Crippen MR) is 76.0 cm³/mol. The van der Waals surface area contributed by atoms with E-state index in [1.807, 2.05) is 19.2 Å². The molecule has 2 heterocycles. The minimum Gasteiger partial charge on any atom is -0.364 e. The maximum Gasteiger partial charge on any atom is 0.313 e. The van der Waals surface area contributed by atoms with Gasteiger partial charge in [0, 0.05) is 23.9 Å². The van der Waals surface area contributed by atoms with Gasteiger partial charge in [0.25, 0.3) is 0 Å². The van der Waals surface area contributed by atoms with Crippen molar-refractivity contribution in [3.05, 3.63) is 56.9 Å². The molecule has 1 aliphatic rings. The van der Waals surface area contributed by atoms with Gasteiger partial charge in [0.05, 0.1) is 17.4 Å². The van der Waals surface area contributed by atoms with Crippen molar-refractivity contribution < 1.29 is 0 Å². The zero-order valence-corrected chi connectivity index (χ0v) is 11.2. The van der Waals surface area contributed by atoms with Crippen molar-refractivity contribution in [3.63, 3.8) is 0 Å². The molecule has 3 rings (SSSR count). The average molecular weight is 275 g/mol. The number of benzene rings is 1. The second-order valence-electron chi connectivity index (χ2n) is 4.43. The molecule has 0 spiro atoms. The van der Waals surface area contributed by atoms with Gasteiger partial charge in [-0.05, 0) is 12.1 Å². The number of aromatic amines is 2. The summed E-state index contributed by atoms with van der Waals surface area (Å²) in [6.45, 7) is 0. The summed E-state index contributed by atoms with van der Waals surface area (Å²) in [7, 11) is 1.99. The summed E-state index contributed by atoms with van der Waals surface area (Å²) < 4.78 is 0. The van der Waals surface area contributed by atoms with Crippen LogP contribution in [-0.4, -0.2) is 22.8 Å². The number of nitrogens with zero attached hydrogens (tertiary/aromatic N) is 1. The molecule has 1 unspecified atom stereocenters. The lowest BCUT2D eigenvalue weighted by atomic mass is 10.2. The van der Waals surface area contributed by atoms with Crippen molar-refractivity contribution in [2.75, 3.05) is 17.7 Å². The third kappa shape index (κ3) is 2.08. The fourth-order valence-electron chi connectivity index (χ4n) is 2.23. The number of aromatic nitrogens is 2. The van der Waals surface area contributed by atoms with E-state index < -0.39 is 11.1 Å². The van der Waals surface area contributed by atoms with Crippen LogP contribution in [0.2, 0.25) is 0 Å². The van der Waals surface area contributed by atoms with Gasteiger partial charge in [-0.1, -0.05) is 12.1 Å². The van der Waals surface area contributed by atoms with E-state index in [2.05, 4.69) is 27.0 Å². The molecule has 1 atom stereocenters. The van der Waals surface area contributed by atoms with Crippen molar-refractivity contribution in [1.82, 2.24) is 9.97 Å². The van der Waals surface area contributed by atoms with Crippen molar-refractivity contribution in [2.45, 2.75) is 10.9 Å². The maximum atomic E-state index is 11.4. The van der Waals surface area contributed by atoms with Crippen LogP contribution < -0.4 is 16.0 Å². The van der Waals surface area contributed by atoms with Crippen molar-refractivity contribution >= 4 is 17.4 Å². The molecule has 0 amide bonds. The minimum atomic E-state index is -0.615. The topological polar surface area (TPSA) is 69.0 Å². The molecule has 0 aliphatic carbocycles. The highest BCUT2D eigenvalue weighted by atomic mass is 32.2. The van der Waals surface area contributed by atoms with Gasteiger partial charge in [0.2, 0.25) is 0 Å². The van der Waals surface area contributed by atoms with E-state index in [0.717, 1.165) is 17.1 Å². The molecule has 1 aliphatic heterocycles. The summed E-state index contributed by atoms with van der Waals surface area (Å²) in [5.74, 6) is 0.829. The van der Waals surface area contributed by atoms with E-state index >= 15 is 0 Å². The lowest BCUT2D eigenvalue weighted by Crippen LogP contribution is -2.35. The van der Waals surface area contributed by atoms with Crippen LogP contribution in [-0.2, 0) is 0 Å². The molecule has 2 aromatic rings. The van der Waals surface area contributed by atoms with Crippen LogP contribution in [0.15, 0.2) is 44.9 Å². The summed E-state index contributed by atoms with van der Waals surface area (Å²) in [6.07, 6.45) is 1.58. The Bertz CT molecular complexity index is 722. The predicted octanol–water partition coefficient (Wildman–Crippen LogP) is 1.35. The number of fused-ring (bicyclic) bond motifs is 1. The lowest BCUT2D eigenvalue weighted by molar-refractivity contribution is 0.698. The van der Waals surface area contributed by atoms with Gasteiger partial charge >= 0.3 is 11.1 Å². The molecule has 1 aromatic carbocycles. The highest BCUT2D eigenvalue weighted by Crippen LogP contribution is 2.41. The van der Waals surface area contributed by atoms with Gasteiger partial charge in [-0.3, -0.25) is 9.59 Å². The first kappa shape index (κ1) is 12.1. The first-order valence-electron chi connectivity index (χ1n) is 5.93. The van der Waals surface area contributed by atoms with Crippen molar-refractivity contribution in [1.29, 1.82) is 0 Å². The summed E-state index contributed by atoms with van der Waals surface area (Å²) >= 11 is 1.75. The normalized spacial score (nSPS) is 18.2. The van der Waals surface area contributed by atoms with E-state index in [1.165, 1.54) is 4.90 Å². The number of para-hydroxylation sites is 1. The molecule has 0 saturated heterocycles. The third-order valence-corrected chi connectivity index (χ3v) is 4.43. The standard InChI is InChI=1S/C13H13N3O2S/c1-16-9-4-2-3-5-11(9)19-7-10(16)8-6-14-12(17)13(18)15-8/h2-6,10H,7H2,1H3,(H,14,17)(H,15,18). The van der Waals surface area contributed by atoms with Gasteiger partial charge in [0.15, 0.2) is 0 Å². The molecule has 1 aromatic heterocycles. The maximum absolute atomic E-state index is 11.4. The molecule has 0 bridgehead atoms. The lowest BCUT2D eigenvalue weighted by Gasteiger charge is -2.35. The summed E-state index contributed by atoms with van der Waals surface area (Å²) in [6, 6.07) is 8.19. The number of rotatable bonds is 1. The fraction of sp³-hybridized carbons (Fsp3) is 0.231. The number of H-pyrrole nitrogens is 2. The largest absolute Gasteiger partial charge is 0.364 e. The van der Waals surface area contributed by atoms with Gasteiger partial charge < -0.3 is 14.9 Å². The van der Waals surface area contributed by atoms with Crippen molar-refractivity contribution in [2.24, 2.45) is 0 Å². The summed E-state index contributed by atoms with van der Waals surface area (Å²) in [4.78, 5) is 31.0. The molecular weight excluding hydrogens is 262 g/mol. The second-order valence-corrected chi connectivity index (χ2v) is 5.49. The second kappa shape index (κ2) is 4.62. The van der Waals surface area contributed by atoms with Crippen LogP contribution in [0.3, 0.4) is 0 Å². The van der Waals surface area contributed by atoms with Gasteiger partial charge in [0.1, 0.15) is 0 Å². The van der Waals surface area contributed by atoms with Gasteiger partial charge in [-0.2, -0.15) is 0 Å². The van der Waals surface area contributed by atoms with Crippen LogP contribution in [0.5, 0.6) is 0 Å². The zero-order valence-electron chi connectivity index (χ0n) is 10.3. The van der Waals surface area contributed by atoms with Crippen LogP contribution in [0.4, 0.5) is 5.69 Å². The highest BCUT2D eigenvalue weighted by Gasteiger charge is 2.25. The van der Waals surface area contributed by atoms with Gasteiger partial charge in [-0.25, -0.2) is 0 Å². The summed E-state index contributed by atoms with van der Waals surface area (Å²) in [5, 5.41) is 0. The Labute approximate surface area is 113 Å². The quantitative estimate of drug-likeness (QED) is 0.771. The molecule has 5 nitrogen and oxygen atoms in total. The smallest absolute Gasteiger partial charge is 0.313 e. The Hall–Kier alpha value is -1.95. The SMILES string of the molecule is CN1c2ccccc2SCC1c1c[nH]c(=O)c(=O)[nH]1. The molecular formula is C13H13N3O2S. The first-order valence-corrected chi connectivity index (χ1v) is 6.92. The van der Waals surface area contributed by atoms with Crippen LogP contribution >= 0.6 is 11.8 Å². The first-order chi connectivity index (χ1) is 9.16. The van der Waals surface area contributed by atoms with E-state index in [4.69, 9.17) is 0 Å². The van der Waals surface area contributed by atoms with E-state index in [-0.39, 0.29) is 6.04 Å². The van der Waals surface area contributed by atoms with Crippen LogP contribution in [0, 0.1) is 0 Å². The number of hydrogen-bond donors (Lipinski definition) is 2. The Morgan fingerprint density at radius 3 is 2.84 bits per heavy atom. The average Bonchev–Trinajstić information content (AvgIpc) is 2.43. The highest BCUT2D eigenvalue weighted by molar-refractivity contribution is 7.99. The third-order valence-electron chi connectivity index (χ3n) is 3.29. The number of thioether (sulfide) groups is 1.